The van der Waals surface area contributed by atoms with Crippen LogP contribution in [0.4, 0.5) is 11.5 Å². The molecule has 1 aliphatic rings. The van der Waals surface area contributed by atoms with Crippen LogP contribution < -0.4 is 20.1 Å². The molecule has 1 amide bonds. The number of ether oxygens (including phenoxy) is 2. The molecule has 0 unspecified atom stereocenters. The van der Waals surface area contributed by atoms with Crippen LogP contribution in [0.25, 0.3) is 0 Å². The summed E-state index contributed by atoms with van der Waals surface area (Å²) in [6, 6.07) is 9.10. The van der Waals surface area contributed by atoms with Crippen molar-refractivity contribution in [3.05, 3.63) is 36.0 Å². The van der Waals surface area contributed by atoms with Crippen LogP contribution in [0.3, 0.4) is 0 Å². The van der Waals surface area contributed by atoms with E-state index >= 15 is 0 Å². The third-order valence-corrected chi connectivity index (χ3v) is 4.76. The van der Waals surface area contributed by atoms with Crippen molar-refractivity contribution in [1.82, 2.24) is 15.5 Å². The molecule has 7 nitrogen and oxygen atoms in total. The van der Waals surface area contributed by atoms with Gasteiger partial charge in [0.25, 0.3) is 5.91 Å². The lowest BCUT2D eigenvalue weighted by Crippen LogP contribution is -2.35. The van der Waals surface area contributed by atoms with Crippen LogP contribution in [0.1, 0.15) is 49.0 Å². The quantitative estimate of drug-likeness (QED) is 0.755. The first-order chi connectivity index (χ1) is 13.2. The summed E-state index contributed by atoms with van der Waals surface area (Å²) in [4.78, 5) is 12.4. The maximum atomic E-state index is 12.4. The first-order valence-electron chi connectivity index (χ1n) is 9.33. The van der Waals surface area contributed by atoms with Gasteiger partial charge in [-0.25, -0.2) is 0 Å². The van der Waals surface area contributed by atoms with Gasteiger partial charge in [-0.3, -0.25) is 4.79 Å². The molecule has 144 valence electrons. The smallest absolute Gasteiger partial charge is 0.272 e. The van der Waals surface area contributed by atoms with Gasteiger partial charge in [-0.2, -0.15) is 0 Å². The van der Waals surface area contributed by atoms with Crippen LogP contribution in [-0.4, -0.2) is 36.4 Å². The van der Waals surface area contributed by atoms with E-state index in [1.165, 1.54) is 25.7 Å². The van der Waals surface area contributed by atoms with E-state index in [2.05, 4.69) is 20.8 Å². The van der Waals surface area contributed by atoms with Crippen molar-refractivity contribution in [2.24, 2.45) is 0 Å². The average Bonchev–Trinajstić information content (AvgIpc) is 2.97. The number of amides is 1. The Hall–Kier alpha value is -2.83. The number of benzene rings is 1. The lowest BCUT2D eigenvalue weighted by molar-refractivity contribution is 0.0927. The van der Waals surface area contributed by atoms with Gasteiger partial charge >= 0.3 is 0 Å². The monoisotopic (exact) mass is 370 g/mol. The third kappa shape index (κ3) is 5.09. The molecule has 2 N–H and O–H groups in total. The number of nitrogens with one attached hydrogen (secondary N) is 2. The fourth-order valence-electron chi connectivity index (χ4n) is 3.24. The first kappa shape index (κ1) is 18.9. The number of carbonyl (C=O) groups excluding carboxylic acids is 1. The zero-order chi connectivity index (χ0) is 19.1. The second-order valence-electron chi connectivity index (χ2n) is 6.66. The molecule has 1 saturated carbocycles. The van der Waals surface area contributed by atoms with E-state index in [0.717, 1.165) is 18.5 Å². The molecule has 0 bridgehead atoms. The Morgan fingerprint density at radius 1 is 1.00 bits per heavy atom. The van der Waals surface area contributed by atoms with Crippen LogP contribution in [0.2, 0.25) is 0 Å². The summed E-state index contributed by atoms with van der Waals surface area (Å²) in [5.74, 6) is 1.70. The molecular weight excluding hydrogens is 344 g/mol. The minimum absolute atomic E-state index is 0.164. The summed E-state index contributed by atoms with van der Waals surface area (Å²) >= 11 is 0. The molecular formula is C20H26N4O3. The number of hydrogen-bond donors (Lipinski definition) is 2. The number of rotatable bonds is 6. The Kier molecular flexibility index (Phi) is 6.46. The summed E-state index contributed by atoms with van der Waals surface area (Å²) in [5.41, 5.74) is 1.06. The Labute approximate surface area is 159 Å². The number of hydrogen-bond acceptors (Lipinski definition) is 6. The highest BCUT2D eigenvalue weighted by Gasteiger charge is 2.17. The van der Waals surface area contributed by atoms with Crippen LogP contribution in [0.5, 0.6) is 11.5 Å². The molecule has 1 aromatic carbocycles. The predicted molar refractivity (Wildman–Crippen MR) is 104 cm³/mol. The van der Waals surface area contributed by atoms with Gasteiger partial charge in [-0.1, -0.05) is 25.7 Å². The van der Waals surface area contributed by atoms with Crippen LogP contribution in [0.15, 0.2) is 30.3 Å². The molecule has 0 atom stereocenters. The highest BCUT2D eigenvalue weighted by molar-refractivity contribution is 5.92. The molecule has 1 fully saturated rings. The molecule has 27 heavy (non-hydrogen) atoms. The molecule has 1 aromatic heterocycles. The average molecular weight is 370 g/mol. The van der Waals surface area contributed by atoms with Crippen molar-refractivity contribution in [2.75, 3.05) is 19.5 Å². The third-order valence-electron chi connectivity index (χ3n) is 4.76. The fraction of sp³-hybridized carbons (Fsp3) is 0.450. The Morgan fingerprint density at radius 3 is 2.41 bits per heavy atom. The van der Waals surface area contributed by atoms with Crippen molar-refractivity contribution >= 4 is 17.4 Å². The number of anilines is 2. The molecule has 7 heteroatoms. The van der Waals surface area contributed by atoms with E-state index in [4.69, 9.17) is 9.47 Å². The van der Waals surface area contributed by atoms with Crippen LogP contribution in [0, 0.1) is 0 Å². The zero-order valence-electron chi connectivity index (χ0n) is 15.8. The number of aromatic nitrogens is 2. The van der Waals surface area contributed by atoms with Crippen molar-refractivity contribution in [3.63, 3.8) is 0 Å². The maximum absolute atomic E-state index is 12.4. The summed E-state index contributed by atoms with van der Waals surface area (Å²) < 4.78 is 10.6. The normalized spacial score (nSPS) is 14.9. The predicted octanol–water partition coefficient (Wildman–Crippen LogP) is 3.69. The molecule has 0 aliphatic heterocycles. The fourth-order valence-corrected chi connectivity index (χ4v) is 3.24. The molecule has 0 spiro atoms. The van der Waals surface area contributed by atoms with E-state index in [1.807, 2.05) is 12.1 Å². The SMILES string of the molecule is COc1ccc(Nc2ccc(C(=O)NC3CCCCCC3)nn2)c(OC)c1. The molecule has 0 radical (unpaired) electrons. The minimum Gasteiger partial charge on any atom is -0.497 e. The molecule has 1 heterocycles. The van der Waals surface area contributed by atoms with E-state index in [-0.39, 0.29) is 11.9 Å². The zero-order valence-corrected chi connectivity index (χ0v) is 15.8. The molecule has 1 aliphatic carbocycles. The van der Waals surface area contributed by atoms with Crippen molar-refractivity contribution in [2.45, 2.75) is 44.6 Å². The van der Waals surface area contributed by atoms with Gasteiger partial charge < -0.3 is 20.1 Å². The minimum atomic E-state index is -0.164. The van der Waals surface area contributed by atoms with E-state index < -0.39 is 0 Å². The van der Waals surface area contributed by atoms with E-state index in [9.17, 15) is 4.79 Å². The Balaban J connectivity index is 1.64. The maximum Gasteiger partial charge on any atom is 0.272 e. The number of nitrogens with zero attached hydrogens (tertiary/aromatic N) is 2. The van der Waals surface area contributed by atoms with Gasteiger partial charge in [0, 0.05) is 12.1 Å². The molecule has 0 saturated heterocycles. The Morgan fingerprint density at radius 2 is 1.78 bits per heavy atom. The van der Waals surface area contributed by atoms with E-state index in [0.29, 0.717) is 23.0 Å². The van der Waals surface area contributed by atoms with Gasteiger partial charge in [-0.05, 0) is 37.1 Å². The van der Waals surface area contributed by atoms with Crippen LogP contribution in [-0.2, 0) is 0 Å². The summed E-state index contributed by atoms with van der Waals surface area (Å²) in [6.07, 6.45) is 6.92. The van der Waals surface area contributed by atoms with Gasteiger partial charge in [0.2, 0.25) is 0 Å². The standard InChI is InChI=1S/C20H26N4O3/c1-26-15-9-10-16(18(13-15)27-2)22-19-12-11-17(23-24-19)20(25)21-14-7-5-3-4-6-8-14/h9-14H,3-8H2,1-2H3,(H,21,25)(H,22,24). The van der Waals surface area contributed by atoms with Crippen molar-refractivity contribution in [3.8, 4) is 11.5 Å². The van der Waals surface area contributed by atoms with E-state index in [1.54, 1.807) is 32.4 Å². The van der Waals surface area contributed by atoms with Gasteiger partial charge in [-0.15, -0.1) is 10.2 Å². The molecule has 2 aromatic rings. The molecule has 3 rings (SSSR count). The summed E-state index contributed by atoms with van der Waals surface area (Å²) in [5, 5.41) is 14.4. The van der Waals surface area contributed by atoms with Gasteiger partial charge in [0.15, 0.2) is 11.5 Å². The topological polar surface area (TPSA) is 85.4 Å². The first-order valence-corrected chi connectivity index (χ1v) is 9.33. The second-order valence-corrected chi connectivity index (χ2v) is 6.66. The second kappa shape index (κ2) is 9.21. The van der Waals surface area contributed by atoms with Gasteiger partial charge in [0.1, 0.15) is 11.5 Å². The highest BCUT2D eigenvalue weighted by Crippen LogP contribution is 2.30. The Bertz CT molecular complexity index is 756. The summed E-state index contributed by atoms with van der Waals surface area (Å²) in [6.45, 7) is 0. The largest absolute Gasteiger partial charge is 0.497 e. The van der Waals surface area contributed by atoms with Gasteiger partial charge in [0.05, 0.1) is 19.9 Å². The lowest BCUT2D eigenvalue weighted by atomic mass is 10.1. The van der Waals surface area contributed by atoms with Crippen molar-refractivity contribution < 1.29 is 14.3 Å². The summed E-state index contributed by atoms with van der Waals surface area (Å²) in [7, 11) is 3.19. The van der Waals surface area contributed by atoms with Crippen molar-refractivity contribution in [1.29, 1.82) is 0 Å². The van der Waals surface area contributed by atoms with Crippen LogP contribution >= 0.6 is 0 Å². The number of methoxy groups -OCH3 is 2. The highest BCUT2D eigenvalue weighted by atomic mass is 16.5. The number of carbonyl (C=O) groups is 1. The lowest BCUT2D eigenvalue weighted by Gasteiger charge is -2.15.